The van der Waals surface area contributed by atoms with E-state index in [2.05, 4.69) is 10.1 Å². The van der Waals surface area contributed by atoms with Crippen molar-refractivity contribution in [2.24, 2.45) is 16.3 Å². The standard InChI is InChI=1S/C15H22N4O2/c1-19(12-7-6-10-17-11-12)14(20)15(13(16)18-21)8-4-2-3-5-9-15/h6-7,10-11,21H,2-5,8-9H2,1H3,(H2,16,18). The van der Waals surface area contributed by atoms with Crippen LogP contribution in [0.3, 0.4) is 0 Å². The predicted octanol–water partition coefficient (Wildman–Crippen LogP) is 2.13. The molecule has 114 valence electrons. The molecule has 0 spiro atoms. The molecule has 0 unspecified atom stereocenters. The lowest BCUT2D eigenvalue weighted by atomic mass is 9.77. The van der Waals surface area contributed by atoms with Crippen LogP contribution >= 0.6 is 0 Å². The van der Waals surface area contributed by atoms with Crippen LogP contribution < -0.4 is 10.6 Å². The Morgan fingerprint density at radius 1 is 1.38 bits per heavy atom. The SMILES string of the molecule is CN(C(=O)C1(C(N)=NO)CCCCCC1)c1cccnc1. The van der Waals surface area contributed by atoms with E-state index in [0.717, 1.165) is 25.7 Å². The summed E-state index contributed by atoms with van der Waals surface area (Å²) in [6, 6.07) is 3.60. The number of nitrogens with two attached hydrogens (primary N) is 1. The Morgan fingerprint density at radius 2 is 2.05 bits per heavy atom. The van der Waals surface area contributed by atoms with E-state index in [4.69, 9.17) is 10.9 Å². The van der Waals surface area contributed by atoms with E-state index in [9.17, 15) is 4.79 Å². The molecule has 1 fully saturated rings. The summed E-state index contributed by atoms with van der Waals surface area (Å²) in [5.74, 6) is -0.113. The molecule has 1 aliphatic rings. The summed E-state index contributed by atoms with van der Waals surface area (Å²) >= 11 is 0. The van der Waals surface area contributed by atoms with Gasteiger partial charge in [0.25, 0.3) is 0 Å². The number of nitrogens with zero attached hydrogens (tertiary/aromatic N) is 3. The van der Waals surface area contributed by atoms with Crippen LogP contribution in [0.4, 0.5) is 5.69 Å². The van der Waals surface area contributed by atoms with E-state index in [1.807, 2.05) is 6.07 Å². The fourth-order valence-corrected chi connectivity index (χ4v) is 3.00. The Hall–Kier alpha value is -2.11. The average molecular weight is 290 g/mol. The van der Waals surface area contributed by atoms with Gasteiger partial charge in [-0.15, -0.1) is 0 Å². The van der Waals surface area contributed by atoms with Crippen LogP contribution in [0.25, 0.3) is 0 Å². The van der Waals surface area contributed by atoms with Crippen LogP contribution in [-0.2, 0) is 4.79 Å². The molecule has 2 rings (SSSR count). The average Bonchev–Trinajstić information content (AvgIpc) is 2.80. The third-order valence-electron chi connectivity index (χ3n) is 4.30. The second-order valence-corrected chi connectivity index (χ2v) is 5.56. The molecule has 0 bridgehead atoms. The second kappa shape index (κ2) is 6.56. The number of pyridine rings is 1. The number of carbonyl (C=O) groups is 1. The first-order valence-corrected chi connectivity index (χ1v) is 7.28. The molecular weight excluding hydrogens is 268 g/mol. The van der Waals surface area contributed by atoms with E-state index in [-0.39, 0.29) is 11.7 Å². The zero-order valence-electron chi connectivity index (χ0n) is 12.3. The van der Waals surface area contributed by atoms with Gasteiger partial charge in [-0.3, -0.25) is 9.78 Å². The molecule has 0 saturated heterocycles. The van der Waals surface area contributed by atoms with Gasteiger partial charge in [0.1, 0.15) is 5.41 Å². The van der Waals surface area contributed by atoms with Crippen LogP contribution in [0, 0.1) is 5.41 Å². The third-order valence-corrected chi connectivity index (χ3v) is 4.30. The van der Waals surface area contributed by atoms with Crippen LogP contribution in [0.1, 0.15) is 38.5 Å². The van der Waals surface area contributed by atoms with Gasteiger partial charge in [-0.05, 0) is 25.0 Å². The van der Waals surface area contributed by atoms with Crippen molar-refractivity contribution in [2.75, 3.05) is 11.9 Å². The summed E-state index contributed by atoms with van der Waals surface area (Å²) in [5.41, 5.74) is 5.70. The molecule has 0 radical (unpaired) electrons. The highest BCUT2D eigenvalue weighted by Crippen LogP contribution is 2.37. The molecule has 0 aliphatic heterocycles. The van der Waals surface area contributed by atoms with Crippen molar-refractivity contribution in [1.82, 2.24) is 4.98 Å². The molecule has 1 aromatic rings. The lowest BCUT2D eigenvalue weighted by Gasteiger charge is -2.33. The molecule has 6 heteroatoms. The van der Waals surface area contributed by atoms with Crippen molar-refractivity contribution in [3.8, 4) is 0 Å². The lowest BCUT2D eigenvalue weighted by Crippen LogP contribution is -2.50. The monoisotopic (exact) mass is 290 g/mol. The lowest BCUT2D eigenvalue weighted by molar-refractivity contribution is -0.125. The number of aromatic nitrogens is 1. The van der Waals surface area contributed by atoms with Crippen LogP contribution in [0.2, 0.25) is 0 Å². The largest absolute Gasteiger partial charge is 0.409 e. The number of amides is 1. The summed E-state index contributed by atoms with van der Waals surface area (Å²) in [6.45, 7) is 0. The van der Waals surface area contributed by atoms with Gasteiger partial charge < -0.3 is 15.8 Å². The van der Waals surface area contributed by atoms with Crippen molar-refractivity contribution in [3.05, 3.63) is 24.5 Å². The number of oxime groups is 1. The van der Waals surface area contributed by atoms with Crippen LogP contribution in [0.15, 0.2) is 29.7 Å². The molecule has 3 N–H and O–H groups in total. The first-order chi connectivity index (χ1) is 10.1. The Morgan fingerprint density at radius 3 is 2.57 bits per heavy atom. The zero-order valence-corrected chi connectivity index (χ0v) is 12.3. The number of rotatable bonds is 3. The van der Waals surface area contributed by atoms with Gasteiger partial charge in [0.15, 0.2) is 5.84 Å². The van der Waals surface area contributed by atoms with Crippen LogP contribution in [0.5, 0.6) is 0 Å². The zero-order chi connectivity index (χ0) is 15.3. The second-order valence-electron chi connectivity index (χ2n) is 5.56. The van der Waals surface area contributed by atoms with Gasteiger partial charge in [0.2, 0.25) is 5.91 Å². The predicted molar refractivity (Wildman–Crippen MR) is 81.2 cm³/mol. The highest BCUT2D eigenvalue weighted by molar-refractivity contribution is 6.12. The third kappa shape index (κ3) is 2.99. The van der Waals surface area contributed by atoms with Gasteiger partial charge in [0, 0.05) is 13.2 Å². The minimum absolute atomic E-state index is 0.0186. The number of anilines is 1. The van der Waals surface area contributed by atoms with E-state index in [1.165, 1.54) is 0 Å². The summed E-state index contributed by atoms with van der Waals surface area (Å²) in [6.07, 6.45) is 8.49. The minimum Gasteiger partial charge on any atom is -0.409 e. The van der Waals surface area contributed by atoms with E-state index in [0.29, 0.717) is 18.5 Å². The van der Waals surface area contributed by atoms with Crippen molar-refractivity contribution in [2.45, 2.75) is 38.5 Å². The quantitative estimate of drug-likeness (QED) is 0.293. The van der Waals surface area contributed by atoms with Gasteiger partial charge in [0.05, 0.1) is 11.9 Å². The van der Waals surface area contributed by atoms with E-state index in [1.54, 1.807) is 30.4 Å². The van der Waals surface area contributed by atoms with Crippen molar-refractivity contribution in [3.63, 3.8) is 0 Å². The van der Waals surface area contributed by atoms with E-state index < -0.39 is 5.41 Å². The Bertz CT molecular complexity index is 508. The Kier molecular flexibility index (Phi) is 4.77. The van der Waals surface area contributed by atoms with Gasteiger partial charge >= 0.3 is 0 Å². The summed E-state index contributed by atoms with van der Waals surface area (Å²) in [7, 11) is 1.71. The molecule has 1 heterocycles. The fraction of sp³-hybridized carbons (Fsp3) is 0.533. The Labute approximate surface area is 124 Å². The molecule has 1 aromatic heterocycles. The molecule has 21 heavy (non-hydrogen) atoms. The smallest absolute Gasteiger partial charge is 0.240 e. The molecule has 6 nitrogen and oxygen atoms in total. The van der Waals surface area contributed by atoms with Crippen molar-refractivity contribution < 1.29 is 10.0 Å². The maximum Gasteiger partial charge on any atom is 0.240 e. The van der Waals surface area contributed by atoms with Crippen LogP contribution in [-0.4, -0.2) is 29.0 Å². The minimum atomic E-state index is -0.907. The Balaban J connectivity index is 2.34. The first kappa shape index (κ1) is 15.3. The maximum atomic E-state index is 13.0. The number of hydrogen-bond acceptors (Lipinski definition) is 4. The normalized spacial score (nSPS) is 18.8. The maximum absolute atomic E-state index is 13.0. The number of hydrogen-bond donors (Lipinski definition) is 2. The van der Waals surface area contributed by atoms with E-state index >= 15 is 0 Å². The van der Waals surface area contributed by atoms with Crippen molar-refractivity contribution in [1.29, 1.82) is 0 Å². The summed E-state index contributed by atoms with van der Waals surface area (Å²) < 4.78 is 0. The summed E-state index contributed by atoms with van der Waals surface area (Å²) in [5, 5.41) is 12.3. The topological polar surface area (TPSA) is 91.8 Å². The van der Waals surface area contributed by atoms with Gasteiger partial charge in [-0.2, -0.15) is 0 Å². The fourth-order valence-electron chi connectivity index (χ4n) is 3.00. The van der Waals surface area contributed by atoms with Gasteiger partial charge in [-0.1, -0.05) is 30.8 Å². The first-order valence-electron chi connectivity index (χ1n) is 7.28. The number of amidine groups is 1. The highest BCUT2D eigenvalue weighted by atomic mass is 16.4. The molecule has 0 atom stereocenters. The molecule has 1 amide bonds. The summed E-state index contributed by atoms with van der Waals surface area (Å²) in [4.78, 5) is 18.6. The molecular formula is C15H22N4O2. The van der Waals surface area contributed by atoms with Gasteiger partial charge in [-0.25, -0.2) is 0 Å². The number of carbonyl (C=O) groups excluding carboxylic acids is 1. The molecule has 1 saturated carbocycles. The highest BCUT2D eigenvalue weighted by Gasteiger charge is 2.44. The molecule has 1 aliphatic carbocycles. The molecule has 0 aromatic carbocycles. The van der Waals surface area contributed by atoms with Crippen molar-refractivity contribution >= 4 is 17.4 Å².